The number of nitrogens with one attached hydrogen (secondary N) is 1. The number of imidazole rings is 1. The molecule has 6 rings (SSSR count). The third kappa shape index (κ3) is 8.30. The summed E-state index contributed by atoms with van der Waals surface area (Å²) >= 11 is 6.97. The molecular weight excluding hydrogens is 787 g/mol. The van der Waals surface area contributed by atoms with Gasteiger partial charge in [0.25, 0.3) is 5.91 Å². The van der Waals surface area contributed by atoms with Gasteiger partial charge < -0.3 is 28.8 Å². The molecule has 10 nitrogen and oxygen atoms in total. The molecule has 1 N–H and O–H groups in total. The first-order chi connectivity index (χ1) is 26.4. The lowest BCUT2D eigenvalue weighted by atomic mass is 9.80. The number of thioether (sulfide) groups is 2. The lowest BCUT2D eigenvalue weighted by molar-refractivity contribution is -0.0662. The van der Waals surface area contributed by atoms with Crippen LogP contribution >= 0.6 is 39.5 Å². The number of halogens is 1. The third-order valence-corrected chi connectivity index (χ3v) is 12.8. The second-order valence-electron chi connectivity index (χ2n) is 12.2. The summed E-state index contributed by atoms with van der Waals surface area (Å²) in [6, 6.07) is 35.2. The van der Waals surface area contributed by atoms with Gasteiger partial charge in [-0.3, -0.25) is 4.79 Å². The fourth-order valence-corrected chi connectivity index (χ4v) is 8.62. The Hall–Kier alpha value is -4.40. The number of rotatable bonds is 18. The Morgan fingerprint density at radius 3 is 1.93 bits per heavy atom. The zero-order chi connectivity index (χ0) is 38.0. The molecule has 54 heavy (non-hydrogen) atoms. The van der Waals surface area contributed by atoms with Gasteiger partial charge in [0, 0.05) is 10.9 Å². The summed E-state index contributed by atoms with van der Waals surface area (Å²) in [6.07, 6.45) is 6.93. The highest BCUT2D eigenvalue weighted by Crippen LogP contribution is 2.45. The van der Waals surface area contributed by atoms with Crippen molar-refractivity contribution in [2.75, 3.05) is 50.6 Å². The summed E-state index contributed by atoms with van der Waals surface area (Å²) in [5, 5.41) is 3.56. The molecule has 1 atom stereocenters. The van der Waals surface area contributed by atoms with Crippen molar-refractivity contribution >= 4 is 62.3 Å². The van der Waals surface area contributed by atoms with Crippen molar-refractivity contribution in [2.45, 2.75) is 22.3 Å². The fraction of sp³-hybridized carbons (Fsp3) is 0.268. The zero-order valence-electron chi connectivity index (χ0n) is 30.5. The number of nitrogens with zero attached hydrogens (tertiary/aromatic N) is 4. The van der Waals surface area contributed by atoms with Gasteiger partial charge in [-0.05, 0) is 65.6 Å². The molecule has 0 fully saturated rings. The van der Waals surface area contributed by atoms with E-state index >= 15 is 0 Å². The summed E-state index contributed by atoms with van der Waals surface area (Å²) in [5.41, 5.74) is 3.40. The lowest BCUT2D eigenvalue weighted by Crippen LogP contribution is -2.47. The quantitative estimate of drug-likeness (QED) is 0.0517. The van der Waals surface area contributed by atoms with Crippen LogP contribution in [0.2, 0.25) is 0 Å². The lowest BCUT2D eigenvalue weighted by Gasteiger charge is -2.42. The number of aromatic nitrogens is 4. The first-order valence-electron chi connectivity index (χ1n) is 17.2. The van der Waals surface area contributed by atoms with Crippen LogP contribution < -0.4 is 14.8 Å². The van der Waals surface area contributed by atoms with E-state index in [9.17, 15) is 4.79 Å². The number of hydrogen-bond donors (Lipinski definition) is 1. The number of hydrogen-bond acceptors (Lipinski definition) is 10. The number of fused-ring (bicyclic) bond motifs is 1. The highest BCUT2D eigenvalue weighted by atomic mass is 79.9. The van der Waals surface area contributed by atoms with Gasteiger partial charge in [-0.25, -0.2) is 15.0 Å². The highest BCUT2D eigenvalue weighted by Gasteiger charge is 2.44. The van der Waals surface area contributed by atoms with Gasteiger partial charge in [0.2, 0.25) is 0 Å². The van der Waals surface area contributed by atoms with Crippen LogP contribution in [0.3, 0.4) is 0 Å². The molecule has 13 heteroatoms. The number of alkyl halides is 1. The first-order valence-corrected chi connectivity index (χ1v) is 20.8. The van der Waals surface area contributed by atoms with Crippen molar-refractivity contribution in [3.63, 3.8) is 0 Å². The number of amides is 1. The van der Waals surface area contributed by atoms with E-state index in [1.165, 1.54) is 6.33 Å². The van der Waals surface area contributed by atoms with Gasteiger partial charge in [0.1, 0.15) is 33.6 Å². The number of benzene rings is 4. The van der Waals surface area contributed by atoms with Gasteiger partial charge in [0.15, 0.2) is 17.0 Å². The van der Waals surface area contributed by atoms with Crippen molar-refractivity contribution in [2.24, 2.45) is 0 Å². The topological polar surface area (TPSA) is 110 Å². The van der Waals surface area contributed by atoms with E-state index in [1.54, 1.807) is 56.2 Å². The molecule has 2 heterocycles. The molecule has 0 aliphatic carbocycles. The second-order valence-corrected chi connectivity index (χ2v) is 15.5. The average molecular weight is 829 g/mol. The van der Waals surface area contributed by atoms with Crippen LogP contribution in [0.15, 0.2) is 122 Å². The number of anilines is 1. The van der Waals surface area contributed by atoms with E-state index in [1.807, 2.05) is 89.5 Å². The summed E-state index contributed by atoms with van der Waals surface area (Å²) in [4.78, 5) is 26.7. The van der Waals surface area contributed by atoms with E-state index in [2.05, 4.69) is 60.8 Å². The maximum Gasteiger partial charge on any atom is 0.256 e. The normalized spacial score (nSPS) is 12.4. The first kappa shape index (κ1) is 39.3. The molecule has 280 valence electrons. The molecule has 0 spiro atoms. The summed E-state index contributed by atoms with van der Waals surface area (Å²) < 4.78 is 26.6. The van der Waals surface area contributed by atoms with Crippen molar-refractivity contribution < 1.29 is 23.7 Å². The second kappa shape index (κ2) is 18.3. The predicted molar refractivity (Wildman–Crippen MR) is 221 cm³/mol. The SMILES string of the molecule is COc1ccc(C(OC[C@H](OCCBr)C(Cn2cnc3c(NC(=O)c4ccccc4)ncnc32)(SC)SC)(c2ccccc2)c2ccc(OC)cc2)cc1. The maximum absolute atomic E-state index is 13.0. The molecule has 0 saturated heterocycles. The monoisotopic (exact) mass is 827 g/mol. The van der Waals surface area contributed by atoms with E-state index in [0.717, 1.165) is 28.2 Å². The van der Waals surface area contributed by atoms with Crippen LogP contribution in [0, 0.1) is 0 Å². The smallest absolute Gasteiger partial charge is 0.256 e. The minimum atomic E-state index is -1.03. The Morgan fingerprint density at radius 2 is 1.37 bits per heavy atom. The van der Waals surface area contributed by atoms with Crippen LogP contribution in [-0.2, 0) is 21.6 Å². The molecule has 0 aliphatic heterocycles. The molecule has 6 aromatic rings. The summed E-state index contributed by atoms with van der Waals surface area (Å²) in [6.45, 7) is 1.15. The van der Waals surface area contributed by atoms with Crippen molar-refractivity contribution in [3.05, 3.63) is 144 Å². The van der Waals surface area contributed by atoms with Gasteiger partial charge in [-0.2, -0.15) is 0 Å². The molecule has 0 bridgehead atoms. The Morgan fingerprint density at radius 1 is 0.796 bits per heavy atom. The molecule has 0 saturated carbocycles. The molecule has 2 aromatic heterocycles. The Balaban J connectivity index is 1.39. The average Bonchev–Trinajstić information content (AvgIpc) is 3.65. The molecule has 4 aromatic carbocycles. The number of ether oxygens (including phenoxy) is 4. The Bertz CT molecular complexity index is 2050. The number of carbonyl (C=O) groups excluding carboxylic acids is 1. The van der Waals surface area contributed by atoms with Crippen molar-refractivity contribution in [3.8, 4) is 11.5 Å². The van der Waals surface area contributed by atoms with Gasteiger partial charge in [-0.15, -0.1) is 23.5 Å². The molecule has 0 unspecified atom stereocenters. The fourth-order valence-electron chi connectivity index (χ4n) is 6.44. The molecule has 0 radical (unpaired) electrons. The van der Waals surface area contributed by atoms with E-state index in [0.29, 0.717) is 41.0 Å². The number of methoxy groups -OCH3 is 2. The van der Waals surface area contributed by atoms with Crippen LogP contribution in [0.5, 0.6) is 11.5 Å². The van der Waals surface area contributed by atoms with Crippen LogP contribution in [0.4, 0.5) is 5.82 Å². The van der Waals surface area contributed by atoms with Gasteiger partial charge in [0.05, 0.1) is 40.3 Å². The Labute approximate surface area is 332 Å². The largest absolute Gasteiger partial charge is 0.497 e. The van der Waals surface area contributed by atoms with Gasteiger partial charge >= 0.3 is 0 Å². The molecule has 0 aliphatic rings. The third-order valence-electron chi connectivity index (χ3n) is 9.26. The minimum Gasteiger partial charge on any atom is -0.497 e. The summed E-state index contributed by atoms with van der Waals surface area (Å²) in [5.74, 6) is 1.56. The van der Waals surface area contributed by atoms with Crippen LogP contribution in [0.25, 0.3) is 11.2 Å². The van der Waals surface area contributed by atoms with E-state index in [4.69, 9.17) is 18.9 Å². The maximum atomic E-state index is 13.0. The number of carbonyl (C=O) groups is 1. The predicted octanol–water partition coefficient (Wildman–Crippen LogP) is 8.31. The van der Waals surface area contributed by atoms with E-state index in [-0.39, 0.29) is 12.5 Å². The standard InChI is InChI=1S/C41H42BrN5O5S2/c1-49-33-19-15-31(16-20-33)41(30-13-9-6-10-14-30,32-17-21-34(50-2)22-18-32)52-25-35(51-24-23-42)40(53-3,54-4)26-47-28-45-36-37(43-27-44-38(36)47)46-39(48)29-11-7-5-8-12-29/h5-22,27-28,35H,23-26H2,1-4H3,(H,43,44,46,48)/t35-/m0/s1. The van der Waals surface area contributed by atoms with E-state index < -0.39 is 15.8 Å². The highest BCUT2D eigenvalue weighted by molar-refractivity contribution is 9.09. The van der Waals surface area contributed by atoms with Crippen molar-refractivity contribution in [1.29, 1.82) is 0 Å². The van der Waals surface area contributed by atoms with Crippen LogP contribution in [-0.4, -0.2) is 80.9 Å². The minimum absolute atomic E-state index is 0.224. The molecule has 1 amide bonds. The van der Waals surface area contributed by atoms with Gasteiger partial charge in [-0.1, -0.05) is 88.7 Å². The summed E-state index contributed by atoms with van der Waals surface area (Å²) in [7, 11) is 3.32. The van der Waals surface area contributed by atoms with Crippen LogP contribution in [0.1, 0.15) is 27.0 Å². The Kier molecular flexibility index (Phi) is 13.3. The molecular formula is C41H42BrN5O5S2. The zero-order valence-corrected chi connectivity index (χ0v) is 33.7. The van der Waals surface area contributed by atoms with Crippen molar-refractivity contribution in [1.82, 2.24) is 19.5 Å².